The van der Waals surface area contributed by atoms with Crippen molar-refractivity contribution in [3.8, 4) is 0 Å². The Morgan fingerprint density at radius 2 is 1.80 bits per heavy atom. The summed E-state index contributed by atoms with van der Waals surface area (Å²) >= 11 is 0.969. The van der Waals surface area contributed by atoms with Crippen LogP contribution in [0.4, 0.5) is 0 Å². The number of sulfonamides is 1. The van der Waals surface area contributed by atoms with E-state index in [0.29, 0.717) is 62.7 Å². The third-order valence-corrected chi connectivity index (χ3v) is 8.55. The zero-order valence-electron chi connectivity index (χ0n) is 16.9. The molecule has 0 unspecified atom stereocenters. The minimum atomic E-state index is -3.62. The Morgan fingerprint density at radius 3 is 2.47 bits per heavy atom. The van der Waals surface area contributed by atoms with Crippen LogP contribution in [0.15, 0.2) is 27.9 Å². The van der Waals surface area contributed by atoms with Crippen LogP contribution < -0.4 is 4.87 Å². The largest absolute Gasteiger partial charge is 0.378 e. The van der Waals surface area contributed by atoms with E-state index in [1.165, 1.54) is 14.9 Å². The lowest BCUT2D eigenvalue weighted by molar-refractivity contribution is -0.135. The monoisotopic (exact) mass is 454 g/mol. The Kier molecular flexibility index (Phi) is 6.26. The van der Waals surface area contributed by atoms with Crippen LogP contribution >= 0.6 is 11.3 Å². The number of rotatable bonds is 5. The quantitative estimate of drug-likeness (QED) is 0.643. The summed E-state index contributed by atoms with van der Waals surface area (Å²) in [6, 6.07) is 4.72. The Bertz CT molecular complexity index is 1080. The molecule has 4 rings (SSSR count). The number of thiazole rings is 1. The number of hydrogen-bond donors (Lipinski definition) is 0. The number of benzene rings is 1. The standard InChI is InChI=1S/C19H26N4O5S2/c1-2-20-5-7-22(8-6-20)30(26,27)15-3-4-16-17(13-15)29-19(25)23(16)14-18(24)21-9-11-28-12-10-21/h3-4,13H,2,5-12,14H2,1H3. The first-order valence-electron chi connectivity index (χ1n) is 10.1. The smallest absolute Gasteiger partial charge is 0.308 e. The first-order valence-corrected chi connectivity index (χ1v) is 12.4. The minimum Gasteiger partial charge on any atom is -0.378 e. The summed E-state index contributed by atoms with van der Waals surface area (Å²) in [4.78, 5) is 28.9. The molecule has 0 spiro atoms. The van der Waals surface area contributed by atoms with Gasteiger partial charge in [-0.25, -0.2) is 8.42 Å². The van der Waals surface area contributed by atoms with Crippen LogP contribution in [0.25, 0.3) is 10.2 Å². The van der Waals surface area contributed by atoms with E-state index in [9.17, 15) is 18.0 Å². The third kappa shape index (κ3) is 4.17. The van der Waals surface area contributed by atoms with Crippen molar-refractivity contribution in [1.82, 2.24) is 18.7 Å². The molecule has 0 atom stereocenters. The van der Waals surface area contributed by atoms with Gasteiger partial charge < -0.3 is 14.5 Å². The number of amides is 1. The Morgan fingerprint density at radius 1 is 1.10 bits per heavy atom. The van der Waals surface area contributed by atoms with E-state index < -0.39 is 10.0 Å². The molecule has 2 aromatic rings. The van der Waals surface area contributed by atoms with E-state index >= 15 is 0 Å². The zero-order chi connectivity index (χ0) is 21.3. The van der Waals surface area contributed by atoms with Gasteiger partial charge in [0.05, 0.1) is 28.3 Å². The molecule has 2 aliphatic heterocycles. The fourth-order valence-corrected chi connectivity index (χ4v) is 6.29. The lowest BCUT2D eigenvalue weighted by Crippen LogP contribution is -2.48. The highest BCUT2D eigenvalue weighted by molar-refractivity contribution is 7.89. The fraction of sp³-hybridized carbons (Fsp3) is 0.579. The number of aromatic nitrogens is 1. The average molecular weight is 455 g/mol. The van der Waals surface area contributed by atoms with Gasteiger partial charge in [-0.3, -0.25) is 14.2 Å². The van der Waals surface area contributed by atoms with Gasteiger partial charge in [0.2, 0.25) is 15.9 Å². The van der Waals surface area contributed by atoms with Crippen LogP contribution in [-0.4, -0.2) is 92.0 Å². The molecule has 0 N–H and O–H groups in total. The summed E-state index contributed by atoms with van der Waals surface area (Å²) in [5, 5.41) is 0. The number of carbonyl (C=O) groups excluding carboxylic acids is 1. The van der Waals surface area contributed by atoms with Crippen molar-refractivity contribution in [2.24, 2.45) is 0 Å². The van der Waals surface area contributed by atoms with Gasteiger partial charge in [-0.05, 0) is 24.7 Å². The van der Waals surface area contributed by atoms with Crippen LogP contribution in [0.1, 0.15) is 6.92 Å². The van der Waals surface area contributed by atoms with Gasteiger partial charge in [-0.15, -0.1) is 0 Å². The first kappa shape index (κ1) is 21.4. The zero-order valence-corrected chi connectivity index (χ0v) is 18.6. The molecule has 11 heteroatoms. The number of fused-ring (bicyclic) bond motifs is 1. The number of morpholine rings is 1. The van der Waals surface area contributed by atoms with E-state index in [4.69, 9.17) is 4.74 Å². The maximum atomic E-state index is 13.1. The molecule has 2 aliphatic rings. The second kappa shape index (κ2) is 8.75. The number of nitrogens with zero attached hydrogens (tertiary/aromatic N) is 4. The molecule has 9 nitrogen and oxygen atoms in total. The van der Waals surface area contributed by atoms with Crippen molar-refractivity contribution in [2.45, 2.75) is 18.4 Å². The Hall–Kier alpha value is -1.79. The average Bonchev–Trinajstić information content (AvgIpc) is 3.08. The lowest BCUT2D eigenvalue weighted by atomic mass is 10.3. The van der Waals surface area contributed by atoms with Crippen molar-refractivity contribution in [3.05, 3.63) is 27.9 Å². The molecule has 1 amide bonds. The molecule has 3 heterocycles. The molecule has 0 bridgehead atoms. The maximum absolute atomic E-state index is 13.1. The van der Waals surface area contributed by atoms with E-state index in [1.54, 1.807) is 17.0 Å². The van der Waals surface area contributed by atoms with Crippen molar-refractivity contribution in [2.75, 3.05) is 59.0 Å². The van der Waals surface area contributed by atoms with Crippen LogP contribution in [-0.2, 0) is 26.1 Å². The van der Waals surface area contributed by atoms with Gasteiger partial charge in [0.1, 0.15) is 6.54 Å². The minimum absolute atomic E-state index is 0.0517. The Labute approximate surface area is 179 Å². The molecule has 164 valence electrons. The summed E-state index contributed by atoms with van der Waals surface area (Å²) in [5.41, 5.74) is 0.585. The second-order valence-electron chi connectivity index (χ2n) is 7.42. The topological polar surface area (TPSA) is 92.2 Å². The summed E-state index contributed by atoms with van der Waals surface area (Å²) in [6.45, 7) is 7.29. The third-order valence-electron chi connectivity index (χ3n) is 5.71. The molecule has 2 fully saturated rings. The number of ether oxygens (including phenoxy) is 1. The highest BCUT2D eigenvalue weighted by Gasteiger charge is 2.29. The van der Waals surface area contributed by atoms with Gasteiger partial charge >= 0.3 is 4.87 Å². The highest BCUT2D eigenvalue weighted by atomic mass is 32.2. The van der Waals surface area contributed by atoms with Gasteiger partial charge in [0.25, 0.3) is 0 Å². The van der Waals surface area contributed by atoms with Crippen LogP contribution in [0.2, 0.25) is 0 Å². The van der Waals surface area contributed by atoms with Crippen molar-refractivity contribution in [3.63, 3.8) is 0 Å². The molecule has 1 aromatic carbocycles. The van der Waals surface area contributed by atoms with E-state index in [-0.39, 0.29) is 22.2 Å². The van der Waals surface area contributed by atoms with E-state index in [0.717, 1.165) is 17.9 Å². The first-order chi connectivity index (χ1) is 14.4. The molecule has 2 saturated heterocycles. The number of carbonyl (C=O) groups is 1. The summed E-state index contributed by atoms with van der Waals surface area (Å²) in [7, 11) is -3.62. The van der Waals surface area contributed by atoms with Gasteiger partial charge in [-0.2, -0.15) is 4.31 Å². The molecule has 0 radical (unpaired) electrons. The summed E-state index contributed by atoms with van der Waals surface area (Å²) in [6.07, 6.45) is 0. The SMILES string of the molecule is CCN1CCN(S(=O)(=O)c2ccc3c(c2)sc(=O)n3CC(=O)N2CCOCC2)CC1. The molecule has 0 saturated carbocycles. The summed E-state index contributed by atoms with van der Waals surface area (Å²) in [5.74, 6) is -0.134. The fourth-order valence-electron chi connectivity index (χ4n) is 3.84. The predicted molar refractivity (Wildman–Crippen MR) is 114 cm³/mol. The number of piperazine rings is 1. The van der Waals surface area contributed by atoms with Crippen molar-refractivity contribution < 1.29 is 17.9 Å². The summed E-state index contributed by atoms with van der Waals surface area (Å²) < 4.78 is 34.9. The molecule has 0 aliphatic carbocycles. The van der Waals surface area contributed by atoms with Gasteiger partial charge in [0.15, 0.2) is 0 Å². The maximum Gasteiger partial charge on any atom is 0.308 e. The van der Waals surface area contributed by atoms with Gasteiger partial charge in [-0.1, -0.05) is 18.3 Å². The number of likely N-dealkylation sites (N-methyl/N-ethyl adjacent to an activating group) is 1. The lowest BCUT2D eigenvalue weighted by Gasteiger charge is -2.33. The van der Waals surface area contributed by atoms with Crippen molar-refractivity contribution in [1.29, 1.82) is 0 Å². The molecule has 30 heavy (non-hydrogen) atoms. The van der Waals surface area contributed by atoms with Gasteiger partial charge in [0, 0.05) is 39.3 Å². The van der Waals surface area contributed by atoms with E-state index in [2.05, 4.69) is 11.8 Å². The molecule has 1 aromatic heterocycles. The normalized spacial score (nSPS) is 19.4. The van der Waals surface area contributed by atoms with Crippen LogP contribution in [0.5, 0.6) is 0 Å². The molecular formula is C19H26N4O5S2. The van der Waals surface area contributed by atoms with Crippen LogP contribution in [0.3, 0.4) is 0 Å². The molecular weight excluding hydrogens is 428 g/mol. The predicted octanol–water partition coefficient (Wildman–Crippen LogP) is 0.248. The van der Waals surface area contributed by atoms with E-state index in [1.807, 2.05) is 0 Å². The highest BCUT2D eigenvalue weighted by Crippen LogP contribution is 2.25. The Balaban J connectivity index is 1.57. The number of hydrogen-bond acceptors (Lipinski definition) is 7. The second-order valence-corrected chi connectivity index (χ2v) is 10.3. The van der Waals surface area contributed by atoms with Crippen molar-refractivity contribution >= 4 is 37.5 Å². The van der Waals surface area contributed by atoms with Crippen LogP contribution in [0, 0.1) is 0 Å².